The van der Waals surface area contributed by atoms with Crippen LogP contribution in [0.4, 0.5) is 0 Å². The minimum absolute atomic E-state index is 0.225. The highest BCUT2D eigenvalue weighted by Crippen LogP contribution is 2.22. The van der Waals surface area contributed by atoms with Crippen LogP contribution in [0.3, 0.4) is 0 Å². The number of amides is 1. The van der Waals surface area contributed by atoms with Gasteiger partial charge in [-0.05, 0) is 22.0 Å². The first kappa shape index (κ1) is 9.94. The van der Waals surface area contributed by atoms with E-state index in [2.05, 4.69) is 20.9 Å². The Morgan fingerprint density at radius 1 is 1.77 bits per heavy atom. The van der Waals surface area contributed by atoms with E-state index in [1.807, 2.05) is 0 Å². The zero-order valence-electron chi connectivity index (χ0n) is 6.74. The van der Waals surface area contributed by atoms with Gasteiger partial charge in [0, 0.05) is 6.20 Å². The van der Waals surface area contributed by atoms with Crippen molar-refractivity contribution in [3.05, 3.63) is 22.4 Å². The maximum atomic E-state index is 10.9. The van der Waals surface area contributed by atoms with E-state index in [9.17, 15) is 4.79 Å². The third-order valence-corrected chi connectivity index (χ3v) is 1.99. The molecule has 0 spiro atoms. The van der Waals surface area contributed by atoms with E-state index >= 15 is 0 Å². The monoisotopic (exact) mass is 246 g/mol. The van der Waals surface area contributed by atoms with Gasteiger partial charge in [0.25, 0.3) is 5.91 Å². The summed E-state index contributed by atoms with van der Waals surface area (Å²) < 4.78 is 5.41. The smallest absolute Gasteiger partial charge is 0.276 e. The number of rotatable bonds is 2. The molecule has 1 aromatic heterocycles. The molecular weight excluding hydrogens is 240 g/mol. The van der Waals surface area contributed by atoms with Gasteiger partial charge in [-0.15, -0.1) is 0 Å². The van der Waals surface area contributed by atoms with Crippen LogP contribution in [0, 0.1) is 0 Å². The van der Waals surface area contributed by atoms with Crippen LogP contribution in [-0.2, 0) is 0 Å². The number of hydrogen-bond donors (Lipinski definition) is 2. The third kappa shape index (κ3) is 2.16. The standard InChI is InChI=1S/C7H7BrN2O3/c1-13-5-2-4(7(11)10-12)3-9-6(5)8/h2-3,12H,1H3,(H,10,11). The van der Waals surface area contributed by atoms with Crippen molar-refractivity contribution in [1.29, 1.82) is 0 Å². The number of methoxy groups -OCH3 is 1. The quantitative estimate of drug-likeness (QED) is 0.464. The van der Waals surface area contributed by atoms with Crippen LogP contribution in [0.2, 0.25) is 0 Å². The lowest BCUT2D eigenvalue weighted by atomic mass is 10.3. The number of aromatic nitrogens is 1. The molecule has 0 fully saturated rings. The molecule has 0 aliphatic carbocycles. The number of carbonyl (C=O) groups excluding carboxylic acids is 1. The summed E-state index contributed by atoms with van der Waals surface area (Å²) in [4.78, 5) is 14.8. The maximum Gasteiger partial charge on any atom is 0.276 e. The summed E-state index contributed by atoms with van der Waals surface area (Å²) in [5, 5.41) is 8.34. The van der Waals surface area contributed by atoms with Crippen LogP contribution in [0.1, 0.15) is 10.4 Å². The molecule has 0 aliphatic heterocycles. The topological polar surface area (TPSA) is 71.5 Å². The van der Waals surface area contributed by atoms with E-state index < -0.39 is 5.91 Å². The van der Waals surface area contributed by atoms with E-state index in [0.29, 0.717) is 10.4 Å². The Labute approximate surface area is 82.8 Å². The highest BCUT2D eigenvalue weighted by Gasteiger charge is 2.08. The molecule has 1 rings (SSSR count). The zero-order valence-corrected chi connectivity index (χ0v) is 8.33. The van der Waals surface area contributed by atoms with Crippen LogP contribution in [0.15, 0.2) is 16.9 Å². The number of hydroxylamine groups is 1. The van der Waals surface area contributed by atoms with E-state index in [1.165, 1.54) is 24.9 Å². The fraction of sp³-hybridized carbons (Fsp3) is 0.143. The lowest BCUT2D eigenvalue weighted by Crippen LogP contribution is -2.18. The molecule has 2 N–H and O–H groups in total. The average Bonchev–Trinajstić information content (AvgIpc) is 2.17. The molecular formula is C7H7BrN2O3. The second-order valence-electron chi connectivity index (χ2n) is 2.16. The number of pyridine rings is 1. The number of nitrogens with zero attached hydrogens (tertiary/aromatic N) is 1. The van der Waals surface area contributed by atoms with Gasteiger partial charge in [0.15, 0.2) is 5.75 Å². The minimum Gasteiger partial charge on any atom is -0.494 e. The average molecular weight is 247 g/mol. The Bertz CT molecular complexity index is 330. The summed E-state index contributed by atoms with van der Waals surface area (Å²) in [5.74, 6) is -0.195. The summed E-state index contributed by atoms with van der Waals surface area (Å²) in [6, 6.07) is 1.46. The second-order valence-corrected chi connectivity index (χ2v) is 2.91. The predicted octanol–water partition coefficient (Wildman–Crippen LogP) is 0.972. The Balaban J connectivity index is 3.06. The second kappa shape index (κ2) is 4.20. The highest BCUT2D eigenvalue weighted by molar-refractivity contribution is 9.10. The van der Waals surface area contributed by atoms with Crippen molar-refractivity contribution >= 4 is 21.8 Å². The molecule has 5 nitrogen and oxygen atoms in total. The molecule has 0 unspecified atom stereocenters. The SMILES string of the molecule is COc1cc(C(=O)NO)cnc1Br. The molecule has 1 heterocycles. The van der Waals surface area contributed by atoms with E-state index in [-0.39, 0.29) is 5.56 Å². The van der Waals surface area contributed by atoms with Crippen molar-refractivity contribution in [2.45, 2.75) is 0 Å². The number of ether oxygens (including phenoxy) is 1. The molecule has 0 saturated heterocycles. The van der Waals surface area contributed by atoms with Gasteiger partial charge in [0.1, 0.15) is 4.60 Å². The molecule has 0 bridgehead atoms. The molecule has 6 heteroatoms. The Morgan fingerprint density at radius 2 is 2.46 bits per heavy atom. The van der Waals surface area contributed by atoms with E-state index in [4.69, 9.17) is 9.94 Å². The van der Waals surface area contributed by atoms with Crippen molar-refractivity contribution in [3.8, 4) is 5.75 Å². The predicted molar refractivity (Wildman–Crippen MR) is 47.7 cm³/mol. The fourth-order valence-corrected chi connectivity index (χ4v) is 1.14. The Kier molecular flexibility index (Phi) is 3.21. The summed E-state index contributed by atoms with van der Waals surface area (Å²) >= 11 is 3.13. The summed E-state index contributed by atoms with van der Waals surface area (Å²) in [6.07, 6.45) is 1.32. The molecule has 1 amide bonds. The molecule has 0 saturated carbocycles. The molecule has 0 aromatic carbocycles. The van der Waals surface area contributed by atoms with E-state index in [1.54, 1.807) is 0 Å². The van der Waals surface area contributed by atoms with Gasteiger partial charge in [-0.2, -0.15) is 0 Å². The molecule has 13 heavy (non-hydrogen) atoms. The minimum atomic E-state index is -0.627. The molecule has 0 aliphatic rings. The van der Waals surface area contributed by atoms with Crippen molar-refractivity contribution in [2.24, 2.45) is 0 Å². The van der Waals surface area contributed by atoms with Crippen molar-refractivity contribution in [1.82, 2.24) is 10.5 Å². The number of nitrogens with one attached hydrogen (secondary N) is 1. The Morgan fingerprint density at radius 3 is 3.00 bits per heavy atom. The van der Waals surface area contributed by atoms with Gasteiger partial charge < -0.3 is 4.74 Å². The molecule has 70 valence electrons. The first-order valence-electron chi connectivity index (χ1n) is 3.33. The normalized spacial score (nSPS) is 9.46. The van der Waals surface area contributed by atoms with Crippen LogP contribution in [0.5, 0.6) is 5.75 Å². The first-order valence-corrected chi connectivity index (χ1v) is 4.12. The van der Waals surface area contributed by atoms with Gasteiger partial charge in [-0.3, -0.25) is 10.0 Å². The van der Waals surface area contributed by atoms with Crippen LogP contribution in [0.25, 0.3) is 0 Å². The molecule has 0 radical (unpaired) electrons. The van der Waals surface area contributed by atoms with Crippen LogP contribution < -0.4 is 10.2 Å². The largest absolute Gasteiger partial charge is 0.494 e. The lowest BCUT2D eigenvalue weighted by molar-refractivity contribution is 0.0705. The number of hydrogen-bond acceptors (Lipinski definition) is 4. The van der Waals surface area contributed by atoms with Crippen molar-refractivity contribution in [2.75, 3.05) is 7.11 Å². The highest BCUT2D eigenvalue weighted by atomic mass is 79.9. The van der Waals surface area contributed by atoms with Gasteiger partial charge in [0.2, 0.25) is 0 Å². The first-order chi connectivity index (χ1) is 6.19. The van der Waals surface area contributed by atoms with E-state index in [0.717, 1.165) is 0 Å². The number of carbonyl (C=O) groups is 1. The zero-order chi connectivity index (χ0) is 9.84. The third-order valence-electron chi connectivity index (χ3n) is 1.39. The van der Waals surface area contributed by atoms with Gasteiger partial charge in [-0.25, -0.2) is 10.5 Å². The van der Waals surface area contributed by atoms with Crippen molar-refractivity contribution in [3.63, 3.8) is 0 Å². The fourth-order valence-electron chi connectivity index (χ4n) is 0.760. The van der Waals surface area contributed by atoms with Gasteiger partial charge in [-0.1, -0.05) is 0 Å². The Hall–Kier alpha value is -1.14. The number of halogens is 1. The summed E-state index contributed by atoms with van der Waals surface area (Å²) in [7, 11) is 1.46. The van der Waals surface area contributed by atoms with Crippen LogP contribution >= 0.6 is 15.9 Å². The van der Waals surface area contributed by atoms with Gasteiger partial charge >= 0.3 is 0 Å². The van der Waals surface area contributed by atoms with Gasteiger partial charge in [0.05, 0.1) is 12.7 Å². The molecule has 0 atom stereocenters. The molecule has 1 aromatic rings. The summed E-state index contributed by atoms with van der Waals surface area (Å²) in [5.41, 5.74) is 1.73. The summed E-state index contributed by atoms with van der Waals surface area (Å²) in [6.45, 7) is 0. The van der Waals surface area contributed by atoms with Crippen LogP contribution in [-0.4, -0.2) is 23.2 Å². The lowest BCUT2D eigenvalue weighted by Gasteiger charge is -2.03. The van der Waals surface area contributed by atoms with Crippen molar-refractivity contribution < 1.29 is 14.7 Å². The maximum absolute atomic E-state index is 10.9.